The first-order valence-corrected chi connectivity index (χ1v) is 8.90. The summed E-state index contributed by atoms with van der Waals surface area (Å²) in [6.07, 6.45) is 0.698. The molecule has 1 heterocycles. The van der Waals surface area contributed by atoms with Crippen LogP contribution in [0.25, 0.3) is 0 Å². The molecule has 2 N–H and O–H groups in total. The van der Waals surface area contributed by atoms with E-state index in [1.54, 1.807) is 0 Å². The second-order valence-corrected chi connectivity index (χ2v) is 6.90. The quantitative estimate of drug-likeness (QED) is 0.854. The lowest BCUT2D eigenvalue weighted by Gasteiger charge is -2.25. The van der Waals surface area contributed by atoms with Gasteiger partial charge in [0.25, 0.3) is 0 Å². The molecule has 1 saturated heterocycles. The zero-order valence-electron chi connectivity index (χ0n) is 14.7. The van der Waals surface area contributed by atoms with E-state index in [9.17, 15) is 5.11 Å². The van der Waals surface area contributed by atoms with E-state index in [1.165, 1.54) is 11.1 Å². The van der Waals surface area contributed by atoms with Crippen molar-refractivity contribution in [1.82, 2.24) is 10.2 Å². The molecule has 0 bridgehead atoms. The summed E-state index contributed by atoms with van der Waals surface area (Å²) in [6.45, 7) is 7.10. The number of aliphatic hydroxyl groups excluding tert-OH is 1. The highest BCUT2D eigenvalue weighted by Gasteiger charge is 2.26. The van der Waals surface area contributed by atoms with Crippen LogP contribution in [0.5, 0.6) is 0 Å². The van der Waals surface area contributed by atoms with Crippen molar-refractivity contribution in [2.75, 3.05) is 19.6 Å². The minimum Gasteiger partial charge on any atom is -0.387 e. The summed E-state index contributed by atoms with van der Waals surface area (Å²) >= 11 is 0. The molecule has 1 aliphatic rings. The lowest BCUT2D eigenvalue weighted by atomic mass is 10.1. The van der Waals surface area contributed by atoms with Crippen LogP contribution in [0.2, 0.25) is 0 Å². The third kappa shape index (κ3) is 4.23. The Balaban J connectivity index is 1.48. The number of likely N-dealkylation sites (tertiary alicyclic amines) is 1. The number of nitrogens with zero attached hydrogens (tertiary/aromatic N) is 1. The second kappa shape index (κ2) is 7.93. The third-order valence-electron chi connectivity index (χ3n) is 5.11. The summed E-state index contributed by atoms with van der Waals surface area (Å²) < 4.78 is 0. The van der Waals surface area contributed by atoms with Gasteiger partial charge in [0.1, 0.15) is 0 Å². The molecular formula is C21H28N2O. The van der Waals surface area contributed by atoms with Crippen LogP contribution in [0.1, 0.15) is 42.2 Å². The Morgan fingerprint density at radius 1 is 1.08 bits per heavy atom. The van der Waals surface area contributed by atoms with E-state index < -0.39 is 6.10 Å². The normalized spacial score (nSPS) is 20.9. The molecule has 0 aromatic heterocycles. The number of nitrogens with one attached hydrogen (secondary N) is 1. The van der Waals surface area contributed by atoms with Gasteiger partial charge in [-0.1, -0.05) is 60.2 Å². The molecule has 3 rings (SSSR count). The van der Waals surface area contributed by atoms with Crippen molar-refractivity contribution in [2.45, 2.75) is 38.5 Å². The molecule has 1 aliphatic heterocycles. The number of aliphatic hydroxyl groups is 1. The first-order valence-electron chi connectivity index (χ1n) is 8.90. The molecule has 2 aromatic carbocycles. The van der Waals surface area contributed by atoms with Crippen LogP contribution in [0.15, 0.2) is 54.6 Å². The molecule has 128 valence electrons. The van der Waals surface area contributed by atoms with Gasteiger partial charge in [0.05, 0.1) is 6.10 Å². The average molecular weight is 324 g/mol. The molecule has 2 aromatic rings. The first kappa shape index (κ1) is 17.2. The zero-order chi connectivity index (χ0) is 16.9. The summed E-state index contributed by atoms with van der Waals surface area (Å²) in [4.78, 5) is 2.52. The van der Waals surface area contributed by atoms with Crippen LogP contribution in [-0.2, 0) is 0 Å². The maximum absolute atomic E-state index is 10.3. The van der Waals surface area contributed by atoms with Gasteiger partial charge in [0.15, 0.2) is 0 Å². The Morgan fingerprint density at radius 2 is 1.79 bits per heavy atom. The molecule has 0 aliphatic carbocycles. The van der Waals surface area contributed by atoms with Gasteiger partial charge in [-0.15, -0.1) is 0 Å². The monoisotopic (exact) mass is 324 g/mol. The summed E-state index contributed by atoms with van der Waals surface area (Å²) in [5.74, 6) is 0. The summed E-state index contributed by atoms with van der Waals surface area (Å²) in [6, 6.07) is 19.7. The Bertz CT molecular complexity index is 626. The van der Waals surface area contributed by atoms with Crippen LogP contribution in [0, 0.1) is 6.92 Å². The lowest BCUT2D eigenvalue weighted by molar-refractivity contribution is 0.168. The van der Waals surface area contributed by atoms with Crippen LogP contribution in [-0.4, -0.2) is 35.7 Å². The molecule has 3 atom stereocenters. The predicted molar refractivity (Wildman–Crippen MR) is 99.0 cm³/mol. The van der Waals surface area contributed by atoms with Crippen molar-refractivity contribution < 1.29 is 5.11 Å². The average Bonchev–Trinajstić information content (AvgIpc) is 3.09. The van der Waals surface area contributed by atoms with Gasteiger partial charge in [-0.05, 0) is 31.4 Å². The van der Waals surface area contributed by atoms with Crippen LogP contribution in [0.4, 0.5) is 0 Å². The summed E-state index contributed by atoms with van der Waals surface area (Å²) in [7, 11) is 0. The number of hydrogen-bond donors (Lipinski definition) is 2. The van der Waals surface area contributed by atoms with Crippen molar-refractivity contribution >= 4 is 0 Å². The summed E-state index contributed by atoms with van der Waals surface area (Å²) in [5.41, 5.74) is 3.58. The number of aryl methyl sites for hydroxylation is 1. The third-order valence-corrected chi connectivity index (χ3v) is 5.11. The first-order chi connectivity index (χ1) is 11.6. The Labute approximate surface area is 145 Å². The van der Waals surface area contributed by atoms with Crippen LogP contribution < -0.4 is 5.32 Å². The van der Waals surface area contributed by atoms with E-state index in [-0.39, 0.29) is 0 Å². The molecule has 0 saturated carbocycles. The fourth-order valence-corrected chi connectivity index (χ4v) is 3.43. The van der Waals surface area contributed by atoms with E-state index in [2.05, 4.69) is 66.5 Å². The molecule has 0 radical (unpaired) electrons. The Hall–Kier alpha value is -1.68. The molecule has 1 fully saturated rings. The number of rotatable bonds is 6. The molecule has 0 unspecified atom stereocenters. The second-order valence-electron chi connectivity index (χ2n) is 6.90. The van der Waals surface area contributed by atoms with E-state index in [0.29, 0.717) is 18.6 Å². The van der Waals surface area contributed by atoms with E-state index in [1.807, 2.05) is 12.1 Å². The molecule has 0 amide bonds. The smallest absolute Gasteiger partial charge is 0.0914 e. The fourth-order valence-electron chi connectivity index (χ4n) is 3.43. The number of hydrogen-bond acceptors (Lipinski definition) is 3. The Kier molecular flexibility index (Phi) is 5.67. The largest absolute Gasteiger partial charge is 0.387 e. The van der Waals surface area contributed by atoms with Crippen molar-refractivity contribution in [3.8, 4) is 0 Å². The topological polar surface area (TPSA) is 35.5 Å². The van der Waals surface area contributed by atoms with E-state index >= 15 is 0 Å². The minimum atomic E-state index is -0.439. The highest BCUT2D eigenvalue weighted by molar-refractivity contribution is 5.23. The molecule has 3 heteroatoms. The van der Waals surface area contributed by atoms with Crippen molar-refractivity contribution in [3.63, 3.8) is 0 Å². The van der Waals surface area contributed by atoms with Crippen molar-refractivity contribution in [2.24, 2.45) is 0 Å². The minimum absolute atomic E-state index is 0.439. The zero-order valence-corrected chi connectivity index (χ0v) is 14.7. The highest BCUT2D eigenvalue weighted by Crippen LogP contribution is 2.24. The van der Waals surface area contributed by atoms with Gasteiger partial charge in [0.2, 0.25) is 0 Å². The lowest BCUT2D eigenvalue weighted by Crippen LogP contribution is -2.35. The van der Waals surface area contributed by atoms with Gasteiger partial charge in [-0.3, -0.25) is 4.90 Å². The highest BCUT2D eigenvalue weighted by atomic mass is 16.3. The van der Waals surface area contributed by atoms with Gasteiger partial charge in [0, 0.05) is 31.7 Å². The summed E-state index contributed by atoms with van der Waals surface area (Å²) in [5, 5.41) is 13.9. The van der Waals surface area contributed by atoms with Crippen LogP contribution in [0.3, 0.4) is 0 Å². The standard InChI is InChI=1S/C21H28N2O/c1-16-8-10-19(11-9-16)21(24)14-22-20-12-13-23(15-20)17(2)18-6-4-3-5-7-18/h3-11,17,20-22,24H,12-15H2,1-2H3/t17-,20+,21+/m0/s1. The Morgan fingerprint density at radius 3 is 2.50 bits per heavy atom. The molecule has 0 spiro atoms. The number of benzene rings is 2. The van der Waals surface area contributed by atoms with E-state index in [0.717, 1.165) is 25.1 Å². The maximum atomic E-state index is 10.3. The molecule has 3 nitrogen and oxygen atoms in total. The van der Waals surface area contributed by atoms with Crippen molar-refractivity contribution in [1.29, 1.82) is 0 Å². The molecule has 24 heavy (non-hydrogen) atoms. The van der Waals surface area contributed by atoms with Gasteiger partial charge >= 0.3 is 0 Å². The maximum Gasteiger partial charge on any atom is 0.0914 e. The molecular weight excluding hydrogens is 296 g/mol. The fraction of sp³-hybridized carbons (Fsp3) is 0.429. The van der Waals surface area contributed by atoms with Gasteiger partial charge < -0.3 is 10.4 Å². The predicted octanol–water partition coefficient (Wildman–Crippen LogP) is 3.45. The van der Waals surface area contributed by atoms with Gasteiger partial charge in [-0.2, -0.15) is 0 Å². The van der Waals surface area contributed by atoms with E-state index in [4.69, 9.17) is 0 Å². The van der Waals surface area contributed by atoms with Crippen molar-refractivity contribution in [3.05, 3.63) is 71.3 Å². The van der Waals surface area contributed by atoms with Gasteiger partial charge in [-0.25, -0.2) is 0 Å². The van der Waals surface area contributed by atoms with Crippen LogP contribution >= 0.6 is 0 Å². The SMILES string of the molecule is Cc1ccc([C@H](O)CN[C@@H]2CCN([C@@H](C)c3ccccc3)C2)cc1.